The van der Waals surface area contributed by atoms with Gasteiger partial charge < -0.3 is 6.15 Å². The Balaban J connectivity index is 0. The highest BCUT2D eigenvalue weighted by atomic mass is 32.2. The second kappa shape index (κ2) is 11.9. The fourth-order valence-electron chi connectivity index (χ4n) is 1.76. The van der Waals surface area contributed by atoms with Crippen LogP contribution in [0.1, 0.15) is 71.1 Å². The highest BCUT2D eigenvalue weighted by Crippen LogP contribution is 2.14. The molecule has 0 rings (SSSR count). The van der Waals surface area contributed by atoms with Crippen molar-refractivity contribution in [3.63, 3.8) is 0 Å². The number of hydrogen-bond acceptors (Lipinski definition) is 3. The molecule has 0 aliphatic heterocycles. The smallest absolute Gasteiger partial charge is 0.297 e. The molecule has 1 atom stereocenters. The lowest BCUT2D eigenvalue weighted by Crippen LogP contribution is -2.14. The highest BCUT2D eigenvalue weighted by Gasteiger charge is 2.20. The quantitative estimate of drug-likeness (QED) is 0.438. The molecule has 0 aliphatic rings. The van der Waals surface area contributed by atoms with Crippen LogP contribution in [-0.2, 0) is 10.1 Å². The molecule has 6 heteroatoms. The molecule has 18 heavy (non-hydrogen) atoms. The van der Waals surface area contributed by atoms with Crippen molar-refractivity contribution < 1.29 is 17.4 Å². The Hall–Kier alpha value is -0.200. The third-order valence-corrected chi connectivity index (χ3v) is 3.74. The van der Waals surface area contributed by atoms with Crippen molar-refractivity contribution in [2.45, 2.75) is 76.6 Å². The normalized spacial score (nSPS) is 13.1. The van der Waals surface area contributed by atoms with Crippen LogP contribution in [0.2, 0.25) is 0 Å². The lowest BCUT2D eigenvalue weighted by atomic mass is 10.1. The van der Waals surface area contributed by atoms with Crippen molar-refractivity contribution >= 4 is 10.1 Å². The maximum absolute atomic E-state index is 12.8. The van der Waals surface area contributed by atoms with Gasteiger partial charge in [0.15, 0.2) is 0 Å². The van der Waals surface area contributed by atoms with E-state index in [9.17, 15) is 12.8 Å². The van der Waals surface area contributed by atoms with Gasteiger partial charge in [-0.15, -0.1) is 0 Å². The van der Waals surface area contributed by atoms with Crippen LogP contribution >= 0.6 is 0 Å². The lowest BCUT2D eigenvalue weighted by Gasteiger charge is -2.04. The van der Waals surface area contributed by atoms with Crippen LogP contribution in [0.4, 0.5) is 4.39 Å². The maximum atomic E-state index is 12.8. The molecule has 0 aromatic rings. The molecule has 4 nitrogen and oxygen atoms in total. The first-order chi connectivity index (χ1) is 7.98. The fraction of sp³-hybridized carbons (Fsp3) is 1.00. The molecule has 4 N–H and O–H groups in total. The molecule has 0 saturated carbocycles. The Bertz CT molecular complexity index is 270. The first-order valence-corrected chi connectivity index (χ1v) is 8.09. The average Bonchev–Trinajstić information content (AvgIpc) is 2.25. The Labute approximate surface area is 111 Å². The summed E-state index contributed by atoms with van der Waals surface area (Å²) in [5.74, 6) is 0. The summed E-state index contributed by atoms with van der Waals surface area (Å²) in [7, 11) is -4.48. The van der Waals surface area contributed by atoms with Gasteiger partial charge in [-0.05, 0) is 12.8 Å². The molecule has 0 spiro atoms. The lowest BCUT2D eigenvalue weighted by molar-refractivity contribution is 0.349. The minimum absolute atomic E-state index is 0. The van der Waals surface area contributed by atoms with Crippen LogP contribution < -0.4 is 6.15 Å². The summed E-state index contributed by atoms with van der Waals surface area (Å²) >= 11 is 0. The van der Waals surface area contributed by atoms with E-state index in [-0.39, 0.29) is 12.6 Å². The molecule has 0 aromatic carbocycles. The highest BCUT2D eigenvalue weighted by molar-refractivity contribution is 7.86. The van der Waals surface area contributed by atoms with Gasteiger partial charge in [0.1, 0.15) is 0 Å². The van der Waals surface area contributed by atoms with E-state index < -0.39 is 15.6 Å². The summed E-state index contributed by atoms with van der Waals surface area (Å²) in [5, 5.41) is 0. The van der Waals surface area contributed by atoms with E-state index in [4.69, 9.17) is 4.55 Å². The standard InChI is InChI=1S/C12H25FO3S.H3N/c1-2-3-4-5-6-7-8-9-10-11-12(13)17(14,15)16;/h12H,2-11H2,1H3,(H,14,15,16);1H3. The van der Waals surface area contributed by atoms with Crippen LogP contribution in [0.5, 0.6) is 0 Å². The van der Waals surface area contributed by atoms with Gasteiger partial charge in [0, 0.05) is 0 Å². The number of unbranched alkanes of at least 4 members (excludes halogenated alkanes) is 8. The third kappa shape index (κ3) is 12.3. The zero-order valence-corrected chi connectivity index (χ0v) is 12.2. The Morgan fingerprint density at radius 1 is 0.944 bits per heavy atom. The van der Waals surface area contributed by atoms with E-state index >= 15 is 0 Å². The Kier molecular flexibility index (Phi) is 13.3. The molecule has 0 heterocycles. The summed E-state index contributed by atoms with van der Waals surface area (Å²) in [6.45, 7) is 2.18. The molecule has 0 aromatic heterocycles. The number of rotatable bonds is 11. The first-order valence-electron chi connectivity index (χ1n) is 6.59. The van der Waals surface area contributed by atoms with Crippen molar-refractivity contribution in [1.29, 1.82) is 0 Å². The summed E-state index contributed by atoms with van der Waals surface area (Å²) in [6.07, 6.45) is 9.70. The van der Waals surface area contributed by atoms with Crippen molar-refractivity contribution in [2.75, 3.05) is 0 Å². The molecular weight excluding hydrogens is 257 g/mol. The van der Waals surface area contributed by atoms with Crippen LogP contribution in [0, 0.1) is 0 Å². The molecule has 0 aliphatic carbocycles. The molecule has 0 bridgehead atoms. The van der Waals surface area contributed by atoms with Gasteiger partial charge in [0.05, 0.1) is 0 Å². The second-order valence-electron chi connectivity index (χ2n) is 4.54. The van der Waals surface area contributed by atoms with E-state index in [2.05, 4.69) is 6.92 Å². The van der Waals surface area contributed by atoms with E-state index in [1.165, 1.54) is 32.1 Å². The molecular formula is C12H28FNO3S. The predicted octanol–water partition coefficient (Wildman–Crippen LogP) is 4.25. The number of halogens is 1. The minimum atomic E-state index is -4.48. The topological polar surface area (TPSA) is 89.4 Å². The van der Waals surface area contributed by atoms with Gasteiger partial charge in [0.2, 0.25) is 5.50 Å². The third-order valence-electron chi connectivity index (χ3n) is 2.86. The van der Waals surface area contributed by atoms with Crippen LogP contribution in [-0.4, -0.2) is 18.5 Å². The fourth-order valence-corrected chi connectivity index (χ4v) is 2.23. The van der Waals surface area contributed by atoms with Gasteiger partial charge in [-0.3, -0.25) is 4.55 Å². The molecule has 0 radical (unpaired) electrons. The summed E-state index contributed by atoms with van der Waals surface area (Å²) in [4.78, 5) is 0. The van der Waals surface area contributed by atoms with Crippen molar-refractivity contribution in [3.05, 3.63) is 0 Å². The largest absolute Gasteiger partial charge is 0.344 e. The van der Waals surface area contributed by atoms with Crippen LogP contribution in [0.15, 0.2) is 0 Å². The van der Waals surface area contributed by atoms with E-state index in [0.29, 0.717) is 6.42 Å². The van der Waals surface area contributed by atoms with Crippen molar-refractivity contribution in [2.24, 2.45) is 0 Å². The van der Waals surface area contributed by atoms with Gasteiger partial charge in [-0.25, -0.2) is 4.39 Å². The molecule has 1 unspecified atom stereocenters. The SMILES string of the molecule is CCCCCCCCCCCC(F)S(=O)(=O)O.N. The van der Waals surface area contributed by atoms with Crippen molar-refractivity contribution in [1.82, 2.24) is 6.15 Å². The number of alkyl halides is 1. The van der Waals surface area contributed by atoms with Gasteiger partial charge >= 0.3 is 0 Å². The van der Waals surface area contributed by atoms with Gasteiger partial charge in [-0.1, -0.05) is 58.3 Å². The van der Waals surface area contributed by atoms with Crippen LogP contribution in [0.3, 0.4) is 0 Å². The van der Waals surface area contributed by atoms with Crippen LogP contribution in [0.25, 0.3) is 0 Å². The van der Waals surface area contributed by atoms with E-state index in [0.717, 1.165) is 19.3 Å². The van der Waals surface area contributed by atoms with E-state index in [1.807, 2.05) is 0 Å². The molecule has 0 amide bonds. The summed E-state index contributed by atoms with van der Waals surface area (Å²) in [5.41, 5.74) is -2.10. The zero-order chi connectivity index (χ0) is 13.1. The molecule has 0 fully saturated rings. The van der Waals surface area contributed by atoms with Crippen molar-refractivity contribution in [3.8, 4) is 0 Å². The predicted molar refractivity (Wildman–Crippen MR) is 73.3 cm³/mol. The van der Waals surface area contributed by atoms with Gasteiger partial charge in [0.25, 0.3) is 10.1 Å². The molecule has 0 saturated heterocycles. The number of hydrogen-bond donors (Lipinski definition) is 2. The van der Waals surface area contributed by atoms with E-state index in [1.54, 1.807) is 0 Å². The zero-order valence-electron chi connectivity index (χ0n) is 11.4. The molecule has 112 valence electrons. The maximum Gasteiger partial charge on any atom is 0.297 e. The first kappa shape index (κ1) is 20.1. The Morgan fingerprint density at radius 2 is 1.33 bits per heavy atom. The summed E-state index contributed by atoms with van der Waals surface area (Å²) < 4.78 is 41.9. The monoisotopic (exact) mass is 285 g/mol. The average molecular weight is 285 g/mol. The van der Waals surface area contributed by atoms with Gasteiger partial charge in [-0.2, -0.15) is 8.42 Å². The second-order valence-corrected chi connectivity index (χ2v) is 6.08. The Morgan fingerprint density at radius 3 is 1.72 bits per heavy atom. The minimum Gasteiger partial charge on any atom is -0.344 e. The summed E-state index contributed by atoms with van der Waals surface area (Å²) in [6, 6.07) is 0.